The van der Waals surface area contributed by atoms with Crippen molar-refractivity contribution in [3.8, 4) is 0 Å². The number of benzene rings is 2. The molecule has 2 aromatic rings. The summed E-state index contributed by atoms with van der Waals surface area (Å²) in [5.41, 5.74) is 0.0125. The molecule has 4 saturated carbocycles. The number of sulfone groups is 2. The van der Waals surface area contributed by atoms with Crippen molar-refractivity contribution in [1.82, 2.24) is 0 Å². The lowest BCUT2D eigenvalue weighted by molar-refractivity contribution is 0.209. The predicted octanol–water partition coefficient (Wildman–Crippen LogP) is 3.90. The van der Waals surface area contributed by atoms with Gasteiger partial charge in [0.2, 0.25) is 0 Å². The lowest BCUT2D eigenvalue weighted by atomic mass is 9.73. The van der Waals surface area contributed by atoms with Gasteiger partial charge in [-0.05, 0) is 78.0 Å². The molecule has 0 saturated heterocycles. The number of hydrogen-bond donors (Lipinski definition) is 0. The van der Waals surface area contributed by atoms with E-state index in [0.717, 1.165) is 19.3 Å². The molecule has 0 amide bonds. The largest absolute Gasteiger partial charge is 0.223 e. The van der Waals surface area contributed by atoms with Gasteiger partial charge in [-0.2, -0.15) is 0 Å². The van der Waals surface area contributed by atoms with E-state index in [4.69, 9.17) is 0 Å². The highest BCUT2D eigenvalue weighted by atomic mass is 32.2. The lowest BCUT2D eigenvalue weighted by Gasteiger charge is -2.40. The first kappa shape index (κ1) is 18.6. The first-order chi connectivity index (χ1) is 14.8. The van der Waals surface area contributed by atoms with Gasteiger partial charge in [0.25, 0.3) is 0 Å². The summed E-state index contributed by atoms with van der Waals surface area (Å²) < 4.78 is 55.9. The molecule has 8 atom stereocenters. The van der Waals surface area contributed by atoms with Crippen LogP contribution in [0.15, 0.2) is 82.6 Å². The smallest absolute Gasteiger partial charge is 0.182 e. The van der Waals surface area contributed by atoms with Gasteiger partial charge in [-0.25, -0.2) is 16.8 Å². The highest BCUT2D eigenvalue weighted by molar-refractivity contribution is 7.96. The fraction of sp³-hybridized carbons (Fsp3) is 0.440. The molecule has 4 nitrogen and oxygen atoms in total. The zero-order valence-electron chi connectivity index (χ0n) is 17.0. The zero-order chi connectivity index (χ0) is 21.2. The average Bonchev–Trinajstić information content (AvgIpc) is 3.16. The van der Waals surface area contributed by atoms with Gasteiger partial charge in [-0.15, -0.1) is 0 Å². The molecule has 0 heterocycles. The van der Waals surface area contributed by atoms with Crippen LogP contribution in [-0.2, 0) is 19.7 Å². The Hall–Kier alpha value is -1.92. The number of fused-ring (bicyclic) bond motifs is 4. The molecule has 7 rings (SSSR count). The molecule has 0 N–H and O–H groups in total. The van der Waals surface area contributed by atoms with Gasteiger partial charge in [-0.1, -0.05) is 48.6 Å². The second kappa shape index (κ2) is 5.52. The van der Waals surface area contributed by atoms with Crippen LogP contribution in [0.5, 0.6) is 0 Å². The summed E-state index contributed by atoms with van der Waals surface area (Å²) in [6.45, 7) is 0. The van der Waals surface area contributed by atoms with Crippen molar-refractivity contribution < 1.29 is 16.8 Å². The van der Waals surface area contributed by atoms with Crippen molar-refractivity contribution in [3.05, 3.63) is 72.8 Å². The third-order valence-electron chi connectivity index (χ3n) is 9.54. The maximum absolute atomic E-state index is 14.0. The van der Waals surface area contributed by atoms with Crippen molar-refractivity contribution in [2.24, 2.45) is 34.5 Å². The Kier molecular flexibility index (Phi) is 3.32. The summed E-state index contributed by atoms with van der Waals surface area (Å²) >= 11 is 0. The fourth-order valence-corrected chi connectivity index (χ4v) is 13.9. The summed E-state index contributed by atoms with van der Waals surface area (Å²) in [5, 5.41) is -1.73. The topological polar surface area (TPSA) is 68.3 Å². The van der Waals surface area contributed by atoms with Crippen molar-refractivity contribution >= 4 is 19.7 Å². The van der Waals surface area contributed by atoms with Gasteiger partial charge in [0.1, 0.15) is 0 Å². The molecule has 0 aliphatic heterocycles. The molecule has 31 heavy (non-hydrogen) atoms. The number of hydrogen-bond acceptors (Lipinski definition) is 4. The minimum atomic E-state index is -3.78. The van der Waals surface area contributed by atoms with E-state index < -0.39 is 30.2 Å². The van der Waals surface area contributed by atoms with Crippen LogP contribution in [0.4, 0.5) is 0 Å². The minimum absolute atomic E-state index is 0.00626. The molecule has 160 valence electrons. The molecule has 0 spiro atoms. The van der Waals surface area contributed by atoms with Crippen LogP contribution in [0.25, 0.3) is 0 Å². The Morgan fingerprint density at radius 1 is 0.613 bits per heavy atom. The van der Waals surface area contributed by atoms with E-state index in [1.807, 2.05) is 0 Å². The van der Waals surface area contributed by atoms with Gasteiger partial charge in [0.05, 0.1) is 20.3 Å². The molecule has 4 fully saturated rings. The fourth-order valence-electron chi connectivity index (χ4n) is 8.68. The lowest BCUT2D eigenvalue weighted by Crippen LogP contribution is -2.50. The third-order valence-corrected chi connectivity index (χ3v) is 14.2. The monoisotopic (exact) mass is 452 g/mol. The van der Waals surface area contributed by atoms with Gasteiger partial charge < -0.3 is 0 Å². The molecule has 0 aromatic heterocycles. The summed E-state index contributed by atoms with van der Waals surface area (Å²) in [4.78, 5) is 0.504. The van der Waals surface area contributed by atoms with Crippen LogP contribution >= 0.6 is 0 Å². The van der Waals surface area contributed by atoms with Crippen LogP contribution < -0.4 is 0 Å². The first-order valence-corrected chi connectivity index (χ1v) is 14.2. The normalized spacial score (nSPS) is 43.7. The summed E-state index contributed by atoms with van der Waals surface area (Å²) in [6.07, 6.45) is 7.39. The summed E-state index contributed by atoms with van der Waals surface area (Å²) in [5.74, 6) is 0.681. The van der Waals surface area contributed by atoms with Crippen LogP contribution in [-0.4, -0.2) is 27.3 Å². The summed E-state index contributed by atoms with van der Waals surface area (Å²) in [7, 11) is -7.57. The molecule has 5 aliphatic carbocycles. The molecule has 5 aliphatic rings. The zero-order valence-corrected chi connectivity index (χ0v) is 18.6. The van der Waals surface area contributed by atoms with Crippen molar-refractivity contribution in [2.75, 3.05) is 0 Å². The molecule has 0 radical (unpaired) electrons. The average molecular weight is 453 g/mol. The Bertz CT molecular complexity index is 1230. The van der Waals surface area contributed by atoms with Gasteiger partial charge in [0, 0.05) is 0 Å². The van der Waals surface area contributed by atoms with Crippen LogP contribution in [0.3, 0.4) is 0 Å². The van der Waals surface area contributed by atoms with Crippen molar-refractivity contribution in [3.63, 3.8) is 0 Å². The Morgan fingerprint density at radius 2 is 1.03 bits per heavy atom. The standard InChI is InChI=1S/C25H24O4S2/c26-30(27,18-7-3-1-4-8-18)22-20-14-21(23(22)31(28,29)19-9-5-2-6-10-19)25-15-24(20,25)16-11-12-17(25)13-16/h1-12,16-17,20-23H,13-15H2/t16-,17-,20-,21+,22-,23+,24+,25-/m0/s1. The van der Waals surface area contributed by atoms with E-state index >= 15 is 0 Å². The van der Waals surface area contributed by atoms with Crippen molar-refractivity contribution in [1.29, 1.82) is 0 Å². The molecule has 2 aromatic carbocycles. The Labute approximate surface area is 183 Å². The number of rotatable bonds is 4. The number of allylic oxidation sites excluding steroid dienone is 2. The first-order valence-electron chi connectivity index (χ1n) is 11.1. The molecular formula is C25H24O4S2. The molecule has 0 unspecified atom stereocenters. The molecule has 6 heteroatoms. The van der Waals surface area contributed by atoms with Gasteiger partial charge in [0.15, 0.2) is 19.7 Å². The van der Waals surface area contributed by atoms with E-state index in [0.29, 0.717) is 11.8 Å². The molecule has 4 bridgehead atoms. The van der Waals surface area contributed by atoms with Gasteiger partial charge in [-0.3, -0.25) is 0 Å². The second-order valence-corrected chi connectivity index (χ2v) is 14.4. The second-order valence-electron chi connectivity index (χ2n) is 10.2. The molecular weight excluding hydrogens is 428 g/mol. The predicted molar refractivity (Wildman–Crippen MR) is 117 cm³/mol. The van der Waals surface area contributed by atoms with E-state index in [1.54, 1.807) is 60.7 Å². The third kappa shape index (κ3) is 1.91. The highest BCUT2D eigenvalue weighted by Gasteiger charge is 2.91. The SMILES string of the molecule is O=S(=O)(c1ccccc1)[C@@H]1[C@H](S(=O)(=O)c2ccccc2)[C@H]2C[C@@H]1[C@]13C[C@]21[C@H]1C=C[C@H]3C1. The van der Waals surface area contributed by atoms with Crippen LogP contribution in [0.1, 0.15) is 19.3 Å². The Morgan fingerprint density at radius 3 is 1.45 bits per heavy atom. The summed E-state index contributed by atoms with van der Waals surface area (Å²) in [6, 6.07) is 17.0. The van der Waals surface area contributed by atoms with Gasteiger partial charge >= 0.3 is 0 Å². The Balaban J connectivity index is 1.44. The van der Waals surface area contributed by atoms with E-state index in [1.165, 1.54) is 0 Å². The highest BCUT2D eigenvalue weighted by Crippen LogP contribution is 2.93. The van der Waals surface area contributed by atoms with E-state index in [2.05, 4.69) is 12.2 Å². The minimum Gasteiger partial charge on any atom is -0.223 e. The maximum atomic E-state index is 14.0. The van der Waals surface area contributed by atoms with E-state index in [-0.39, 0.29) is 32.5 Å². The van der Waals surface area contributed by atoms with E-state index in [9.17, 15) is 16.8 Å². The van der Waals surface area contributed by atoms with Crippen molar-refractivity contribution in [2.45, 2.75) is 39.6 Å². The van der Waals surface area contributed by atoms with Crippen LogP contribution in [0, 0.1) is 34.5 Å². The van der Waals surface area contributed by atoms with Crippen LogP contribution in [0.2, 0.25) is 0 Å². The quantitative estimate of drug-likeness (QED) is 0.660. The maximum Gasteiger partial charge on any atom is 0.182 e.